The lowest BCUT2D eigenvalue weighted by atomic mass is 10.0. The minimum atomic E-state index is -5.02. The average molecular weight is 329 g/mol. The maximum atomic E-state index is 12.8. The molecule has 10 heteroatoms. The second-order valence-electron chi connectivity index (χ2n) is 3.51. The van der Waals surface area contributed by atoms with Crippen LogP contribution in [0.1, 0.15) is 21.5 Å². The summed E-state index contributed by atoms with van der Waals surface area (Å²) in [7, 11) is 0.757. The van der Waals surface area contributed by atoms with Crippen LogP contribution in [-0.2, 0) is 10.9 Å². The highest BCUT2D eigenvalue weighted by Crippen LogP contribution is 2.42. The van der Waals surface area contributed by atoms with Gasteiger partial charge in [-0.05, 0) is 23.9 Å². The molecule has 114 valence electrons. The molecule has 0 saturated heterocycles. The highest BCUT2D eigenvalue weighted by molar-refractivity contribution is 8.00. The first-order chi connectivity index (χ1) is 9.51. The highest BCUT2D eigenvalue weighted by Gasteiger charge is 2.39. The maximum Gasteiger partial charge on any atom is 0.446 e. The Morgan fingerprint density at radius 2 is 1.81 bits per heavy atom. The summed E-state index contributed by atoms with van der Waals surface area (Å²) in [6.45, 7) is 0. The normalized spacial score (nSPS) is 11.9. The van der Waals surface area contributed by atoms with E-state index in [1.165, 1.54) is 6.07 Å². The number of thioether (sulfide) groups is 1. The van der Waals surface area contributed by atoms with Gasteiger partial charge in [0, 0.05) is 4.90 Å². The van der Waals surface area contributed by atoms with Gasteiger partial charge < -0.3 is 4.74 Å². The molecule has 0 aliphatic heterocycles. The summed E-state index contributed by atoms with van der Waals surface area (Å²) in [5.41, 5.74) is -8.61. The van der Waals surface area contributed by atoms with Gasteiger partial charge >= 0.3 is 17.7 Å². The van der Waals surface area contributed by atoms with Gasteiger partial charge in [0.1, 0.15) is 6.07 Å². The summed E-state index contributed by atoms with van der Waals surface area (Å²) in [5.74, 6) is -1.54. The molecule has 21 heavy (non-hydrogen) atoms. The van der Waals surface area contributed by atoms with Crippen molar-refractivity contribution in [3.63, 3.8) is 0 Å². The van der Waals surface area contributed by atoms with Crippen LogP contribution in [0, 0.1) is 11.3 Å². The molecule has 0 saturated carbocycles. The van der Waals surface area contributed by atoms with Gasteiger partial charge in [0.25, 0.3) is 0 Å². The number of esters is 1. The van der Waals surface area contributed by atoms with Crippen molar-refractivity contribution >= 4 is 17.7 Å². The number of alkyl halides is 6. The summed E-state index contributed by atoms with van der Waals surface area (Å²) in [6, 6.07) is 1.99. The third kappa shape index (κ3) is 4.04. The number of methoxy groups -OCH3 is 1. The molecule has 0 aliphatic rings. The first-order valence-electron chi connectivity index (χ1n) is 4.99. The molecule has 0 unspecified atom stereocenters. The van der Waals surface area contributed by atoms with E-state index in [9.17, 15) is 31.1 Å². The van der Waals surface area contributed by atoms with E-state index in [1.54, 1.807) is 0 Å². The number of halogens is 6. The standard InChI is InChI=1S/C11H5F6NO2S/c1-20-9(19)8-5(4-18)7(21-11(15,16)17)3-2-6(8)10(12,13)14/h2-3H,1H3. The molecule has 0 heterocycles. The van der Waals surface area contributed by atoms with Gasteiger partial charge in [-0.2, -0.15) is 31.6 Å². The number of hydrogen-bond donors (Lipinski definition) is 0. The Morgan fingerprint density at radius 1 is 1.24 bits per heavy atom. The van der Waals surface area contributed by atoms with Gasteiger partial charge in [-0.1, -0.05) is 0 Å². The molecule has 0 atom stereocenters. The van der Waals surface area contributed by atoms with Crippen LogP contribution in [0.5, 0.6) is 0 Å². The first-order valence-corrected chi connectivity index (χ1v) is 5.81. The fourth-order valence-corrected chi connectivity index (χ4v) is 2.09. The predicted molar refractivity (Wildman–Crippen MR) is 59.4 cm³/mol. The zero-order chi connectivity index (χ0) is 16.4. The number of carbonyl (C=O) groups excluding carboxylic acids is 1. The SMILES string of the molecule is COC(=O)c1c(C(F)(F)F)ccc(SC(F)(F)F)c1C#N. The van der Waals surface area contributed by atoms with E-state index >= 15 is 0 Å². The Kier molecular flexibility index (Phi) is 4.78. The predicted octanol–water partition coefficient (Wildman–Crippen LogP) is 3.98. The van der Waals surface area contributed by atoms with Crippen molar-refractivity contribution < 1.29 is 35.9 Å². The molecule has 1 aromatic rings. The number of hydrogen-bond acceptors (Lipinski definition) is 4. The van der Waals surface area contributed by atoms with Crippen LogP contribution in [0.15, 0.2) is 17.0 Å². The number of nitrogens with zero attached hydrogens (tertiary/aromatic N) is 1. The van der Waals surface area contributed by atoms with Crippen LogP contribution in [0.25, 0.3) is 0 Å². The van der Waals surface area contributed by atoms with E-state index in [4.69, 9.17) is 5.26 Å². The van der Waals surface area contributed by atoms with Gasteiger partial charge in [0.15, 0.2) is 0 Å². The van der Waals surface area contributed by atoms with Crippen LogP contribution < -0.4 is 0 Å². The Labute approximate surface area is 118 Å². The summed E-state index contributed by atoms with van der Waals surface area (Å²) in [6.07, 6.45) is -5.02. The number of ether oxygens (including phenoxy) is 1. The zero-order valence-electron chi connectivity index (χ0n) is 10.1. The summed E-state index contributed by atoms with van der Waals surface area (Å²) in [4.78, 5) is 10.6. The van der Waals surface area contributed by atoms with E-state index in [-0.39, 0.29) is 0 Å². The quantitative estimate of drug-likeness (QED) is 0.468. The molecule has 0 bridgehead atoms. The second kappa shape index (κ2) is 5.85. The van der Waals surface area contributed by atoms with Crippen LogP contribution in [0.4, 0.5) is 26.3 Å². The molecule has 3 nitrogen and oxygen atoms in total. The van der Waals surface area contributed by atoms with Crippen LogP contribution >= 0.6 is 11.8 Å². The zero-order valence-corrected chi connectivity index (χ0v) is 10.9. The lowest BCUT2D eigenvalue weighted by Crippen LogP contribution is -2.17. The summed E-state index contributed by atoms with van der Waals surface area (Å²) < 4.78 is 79.4. The number of benzene rings is 1. The van der Waals surface area contributed by atoms with Gasteiger partial charge in [-0.15, -0.1) is 0 Å². The minimum Gasteiger partial charge on any atom is -0.465 e. The number of rotatable bonds is 2. The summed E-state index contributed by atoms with van der Waals surface area (Å²) >= 11 is -0.784. The first kappa shape index (κ1) is 17.2. The highest BCUT2D eigenvalue weighted by atomic mass is 32.2. The van der Waals surface area contributed by atoms with E-state index in [0.717, 1.165) is 7.11 Å². The van der Waals surface area contributed by atoms with Crippen molar-refractivity contribution in [2.45, 2.75) is 16.6 Å². The van der Waals surface area contributed by atoms with Crippen molar-refractivity contribution in [3.8, 4) is 6.07 Å². The molecule has 0 radical (unpaired) electrons. The number of carbonyl (C=O) groups is 1. The molecular weight excluding hydrogens is 324 g/mol. The monoisotopic (exact) mass is 329 g/mol. The van der Waals surface area contributed by atoms with Crippen LogP contribution in [-0.4, -0.2) is 18.6 Å². The Balaban J connectivity index is 3.63. The Bertz CT molecular complexity index is 602. The Hall–Kier alpha value is -1.89. The van der Waals surface area contributed by atoms with Crippen molar-refractivity contribution in [2.24, 2.45) is 0 Å². The summed E-state index contributed by atoms with van der Waals surface area (Å²) in [5, 5.41) is 8.82. The smallest absolute Gasteiger partial charge is 0.446 e. The third-order valence-corrected chi connectivity index (χ3v) is 2.99. The van der Waals surface area contributed by atoms with Crippen molar-refractivity contribution in [2.75, 3.05) is 7.11 Å². The van der Waals surface area contributed by atoms with Gasteiger partial charge in [0.2, 0.25) is 0 Å². The van der Waals surface area contributed by atoms with Crippen molar-refractivity contribution in [1.82, 2.24) is 0 Å². The molecule has 0 N–H and O–H groups in total. The fraction of sp³-hybridized carbons (Fsp3) is 0.273. The molecule has 0 amide bonds. The third-order valence-electron chi connectivity index (χ3n) is 2.20. The van der Waals surface area contributed by atoms with Crippen LogP contribution in [0.3, 0.4) is 0 Å². The molecule has 0 spiro atoms. The molecule has 1 rings (SSSR count). The largest absolute Gasteiger partial charge is 0.465 e. The van der Waals surface area contributed by atoms with Crippen molar-refractivity contribution in [3.05, 3.63) is 28.8 Å². The molecule has 0 aliphatic carbocycles. The number of nitriles is 1. The van der Waals surface area contributed by atoms with Crippen LogP contribution in [0.2, 0.25) is 0 Å². The van der Waals surface area contributed by atoms with Gasteiger partial charge in [-0.3, -0.25) is 0 Å². The van der Waals surface area contributed by atoms with Crippen molar-refractivity contribution in [1.29, 1.82) is 5.26 Å². The molecular formula is C11H5F6NO2S. The van der Waals surface area contributed by atoms with E-state index in [2.05, 4.69) is 4.74 Å². The molecule has 1 aromatic carbocycles. The lowest BCUT2D eigenvalue weighted by Gasteiger charge is -2.15. The topological polar surface area (TPSA) is 50.1 Å². The maximum absolute atomic E-state index is 12.8. The average Bonchev–Trinajstić information content (AvgIpc) is 2.33. The lowest BCUT2D eigenvalue weighted by molar-refractivity contribution is -0.138. The van der Waals surface area contributed by atoms with E-state index in [0.29, 0.717) is 12.1 Å². The van der Waals surface area contributed by atoms with E-state index in [1.807, 2.05) is 0 Å². The van der Waals surface area contributed by atoms with Gasteiger partial charge in [-0.25, -0.2) is 4.79 Å². The Morgan fingerprint density at radius 3 is 2.19 bits per heavy atom. The minimum absolute atomic E-state index is 0.307. The van der Waals surface area contributed by atoms with E-state index < -0.39 is 51.0 Å². The van der Waals surface area contributed by atoms with Gasteiger partial charge in [0.05, 0.1) is 23.8 Å². The molecule has 0 aromatic heterocycles. The second-order valence-corrected chi connectivity index (χ2v) is 4.62. The molecule has 0 fully saturated rings. The fourth-order valence-electron chi connectivity index (χ4n) is 1.45.